The van der Waals surface area contributed by atoms with Crippen molar-refractivity contribution in [2.45, 2.75) is 31.5 Å². The van der Waals surface area contributed by atoms with Crippen molar-refractivity contribution in [3.63, 3.8) is 0 Å². The van der Waals surface area contributed by atoms with E-state index in [-0.39, 0.29) is 5.82 Å². The number of aliphatic hydroxyl groups excluding tert-OH is 3. The molecule has 134 valence electrons. The quantitative estimate of drug-likeness (QED) is 0.504. The monoisotopic (exact) mass is 340 g/mol. The molecule has 1 aromatic heterocycles. The molecule has 1 aromatic rings. The first kappa shape index (κ1) is 18.6. The Hall–Kier alpha value is -1.78. The van der Waals surface area contributed by atoms with E-state index in [2.05, 4.69) is 4.98 Å². The Morgan fingerprint density at radius 1 is 1.46 bits per heavy atom. The summed E-state index contributed by atoms with van der Waals surface area (Å²) in [6.07, 6.45) is -1.53. The molecule has 1 saturated heterocycles. The van der Waals surface area contributed by atoms with Crippen LogP contribution < -0.4 is 11.4 Å². The van der Waals surface area contributed by atoms with Gasteiger partial charge in [-0.1, -0.05) is 5.57 Å². The van der Waals surface area contributed by atoms with Gasteiger partial charge in [-0.05, 0) is 27.1 Å². The highest BCUT2D eigenvalue weighted by Crippen LogP contribution is 2.28. The molecule has 0 unspecified atom stereocenters. The maximum absolute atomic E-state index is 12.1. The molecule has 9 nitrogen and oxygen atoms in total. The molecular weight excluding hydrogens is 316 g/mol. The number of ether oxygens (including phenoxy) is 1. The number of nitrogens with zero attached hydrogens (tertiary/aromatic N) is 3. The summed E-state index contributed by atoms with van der Waals surface area (Å²) in [6, 6.07) is 0. The fourth-order valence-electron chi connectivity index (χ4n) is 2.71. The van der Waals surface area contributed by atoms with Crippen molar-refractivity contribution in [1.82, 2.24) is 14.5 Å². The first-order valence-corrected chi connectivity index (χ1v) is 7.57. The number of hydrogen-bond acceptors (Lipinski definition) is 8. The summed E-state index contributed by atoms with van der Waals surface area (Å²) in [7, 11) is 3.86. The van der Waals surface area contributed by atoms with Gasteiger partial charge in [-0.2, -0.15) is 4.98 Å². The molecule has 24 heavy (non-hydrogen) atoms. The van der Waals surface area contributed by atoms with Crippen LogP contribution in [-0.4, -0.2) is 75.3 Å². The molecule has 0 radical (unpaired) electrons. The van der Waals surface area contributed by atoms with Crippen LogP contribution in [0, 0.1) is 0 Å². The third-order valence-corrected chi connectivity index (χ3v) is 3.77. The zero-order valence-electron chi connectivity index (χ0n) is 14.0. The smallest absolute Gasteiger partial charge is 0.351 e. The van der Waals surface area contributed by atoms with Gasteiger partial charge in [0.2, 0.25) is 0 Å². The fourth-order valence-corrected chi connectivity index (χ4v) is 2.71. The van der Waals surface area contributed by atoms with Crippen molar-refractivity contribution >= 4 is 11.9 Å². The number of rotatable bonds is 5. The third-order valence-electron chi connectivity index (χ3n) is 3.77. The van der Waals surface area contributed by atoms with E-state index in [9.17, 15) is 15.0 Å². The van der Waals surface area contributed by atoms with E-state index >= 15 is 0 Å². The minimum absolute atomic E-state index is 0.0705. The zero-order valence-corrected chi connectivity index (χ0v) is 14.0. The van der Waals surface area contributed by atoms with Crippen molar-refractivity contribution in [3.8, 4) is 0 Å². The SMILES string of the molecule is CC(=Cc1cn([C@@H]2O[C@H](CO)[C@@H](O)[C@H]2O)c(=O)nc1N)CN(C)C. The van der Waals surface area contributed by atoms with Gasteiger partial charge < -0.3 is 30.7 Å². The number of aliphatic hydroxyl groups is 3. The van der Waals surface area contributed by atoms with Crippen LogP contribution in [-0.2, 0) is 4.74 Å². The van der Waals surface area contributed by atoms with Crippen LogP contribution in [0.1, 0.15) is 18.7 Å². The normalized spacial score (nSPS) is 27.9. The van der Waals surface area contributed by atoms with E-state index < -0.39 is 36.8 Å². The lowest BCUT2D eigenvalue weighted by Gasteiger charge is -2.18. The number of aromatic nitrogens is 2. The van der Waals surface area contributed by atoms with Crippen molar-refractivity contribution in [2.24, 2.45) is 0 Å². The highest BCUT2D eigenvalue weighted by Gasteiger charge is 2.43. The van der Waals surface area contributed by atoms with Crippen molar-refractivity contribution in [1.29, 1.82) is 0 Å². The van der Waals surface area contributed by atoms with E-state index in [1.165, 1.54) is 6.20 Å². The molecular formula is C15H24N4O5. The summed E-state index contributed by atoms with van der Waals surface area (Å²) >= 11 is 0. The molecule has 1 aliphatic rings. The topological polar surface area (TPSA) is 134 Å². The van der Waals surface area contributed by atoms with Crippen molar-refractivity contribution in [2.75, 3.05) is 33.0 Å². The second-order valence-corrected chi connectivity index (χ2v) is 6.23. The van der Waals surface area contributed by atoms with Gasteiger partial charge in [-0.15, -0.1) is 0 Å². The Labute approximate surface area is 139 Å². The first-order chi connectivity index (χ1) is 11.2. The average molecular weight is 340 g/mol. The van der Waals surface area contributed by atoms with E-state index in [0.717, 1.165) is 10.1 Å². The molecule has 2 heterocycles. The molecule has 0 saturated carbocycles. The molecule has 0 amide bonds. The minimum atomic E-state index is -1.36. The fraction of sp³-hybridized carbons (Fsp3) is 0.600. The summed E-state index contributed by atoms with van der Waals surface area (Å²) < 4.78 is 6.45. The Bertz CT molecular complexity index is 672. The lowest BCUT2D eigenvalue weighted by molar-refractivity contribution is -0.0549. The van der Waals surface area contributed by atoms with Crippen molar-refractivity contribution < 1.29 is 20.1 Å². The predicted octanol–water partition coefficient (Wildman–Crippen LogP) is -1.60. The van der Waals surface area contributed by atoms with E-state index in [1.54, 1.807) is 6.08 Å². The number of nitrogen functional groups attached to an aromatic ring is 1. The third kappa shape index (κ3) is 3.82. The minimum Gasteiger partial charge on any atom is -0.394 e. The number of likely N-dealkylation sites (N-methyl/N-ethyl adjacent to an activating group) is 1. The molecule has 4 atom stereocenters. The molecule has 9 heteroatoms. The summed E-state index contributed by atoms with van der Waals surface area (Å²) in [5.41, 5.74) is 6.61. The molecule has 0 aliphatic carbocycles. The second kappa shape index (κ2) is 7.41. The summed E-state index contributed by atoms with van der Waals surface area (Å²) in [5.74, 6) is 0.0705. The van der Waals surface area contributed by atoms with Gasteiger partial charge in [-0.3, -0.25) is 4.57 Å². The van der Waals surface area contributed by atoms with Gasteiger partial charge in [0.25, 0.3) is 0 Å². The van der Waals surface area contributed by atoms with Gasteiger partial charge in [0.05, 0.1) is 6.61 Å². The molecule has 2 rings (SSSR count). The standard InChI is InChI=1S/C15H24N4O5/c1-8(5-18(2)3)4-9-6-19(15(23)17-13(9)16)14-12(22)11(21)10(7-20)24-14/h4,6,10-12,14,20-22H,5,7H2,1-3H3,(H2,16,17,23)/t10-,11-,12-,14-/m1/s1. The molecule has 1 fully saturated rings. The van der Waals surface area contributed by atoms with E-state index in [1.807, 2.05) is 25.9 Å². The Kier molecular flexibility index (Phi) is 5.73. The molecule has 0 aromatic carbocycles. The summed E-state index contributed by atoms with van der Waals surface area (Å²) in [4.78, 5) is 17.8. The average Bonchev–Trinajstić information content (AvgIpc) is 2.77. The van der Waals surface area contributed by atoms with Crippen LogP contribution in [0.4, 0.5) is 5.82 Å². The number of hydrogen-bond donors (Lipinski definition) is 4. The van der Waals surface area contributed by atoms with Crippen LogP contribution >= 0.6 is 0 Å². The highest BCUT2D eigenvalue weighted by atomic mass is 16.6. The van der Waals surface area contributed by atoms with Crippen LogP contribution in [0.2, 0.25) is 0 Å². The number of anilines is 1. The summed E-state index contributed by atoms with van der Waals surface area (Å²) in [5, 5.41) is 29.1. The maximum atomic E-state index is 12.1. The van der Waals surface area contributed by atoms with Crippen LogP contribution in [0.5, 0.6) is 0 Å². The zero-order chi connectivity index (χ0) is 18.0. The van der Waals surface area contributed by atoms with Gasteiger partial charge in [0.15, 0.2) is 6.23 Å². The van der Waals surface area contributed by atoms with Gasteiger partial charge in [-0.25, -0.2) is 4.79 Å². The van der Waals surface area contributed by atoms with E-state index in [0.29, 0.717) is 12.1 Å². The maximum Gasteiger partial charge on any atom is 0.351 e. The molecule has 0 spiro atoms. The summed E-state index contributed by atoms with van der Waals surface area (Å²) in [6.45, 7) is 2.15. The van der Waals surface area contributed by atoms with Crippen molar-refractivity contribution in [3.05, 3.63) is 27.8 Å². The largest absolute Gasteiger partial charge is 0.394 e. The Balaban J connectivity index is 2.39. The lowest BCUT2D eigenvalue weighted by Crippen LogP contribution is -2.36. The van der Waals surface area contributed by atoms with E-state index in [4.69, 9.17) is 15.6 Å². The van der Waals surface area contributed by atoms with Gasteiger partial charge in [0.1, 0.15) is 24.1 Å². The van der Waals surface area contributed by atoms with Gasteiger partial charge >= 0.3 is 5.69 Å². The second-order valence-electron chi connectivity index (χ2n) is 6.23. The van der Waals surface area contributed by atoms with Crippen LogP contribution in [0.3, 0.4) is 0 Å². The molecule has 5 N–H and O–H groups in total. The Morgan fingerprint density at radius 3 is 2.67 bits per heavy atom. The lowest BCUT2D eigenvalue weighted by atomic mass is 10.1. The van der Waals surface area contributed by atoms with Crippen LogP contribution in [0.15, 0.2) is 16.6 Å². The van der Waals surface area contributed by atoms with Crippen LogP contribution in [0.25, 0.3) is 6.08 Å². The van der Waals surface area contributed by atoms with Gasteiger partial charge in [0, 0.05) is 18.3 Å². The Morgan fingerprint density at radius 2 is 2.12 bits per heavy atom. The molecule has 1 aliphatic heterocycles. The predicted molar refractivity (Wildman–Crippen MR) is 88.1 cm³/mol. The highest BCUT2D eigenvalue weighted by molar-refractivity contribution is 5.61. The first-order valence-electron chi connectivity index (χ1n) is 7.57. The molecule has 0 bridgehead atoms. The number of nitrogens with two attached hydrogens (primary N) is 1.